The van der Waals surface area contributed by atoms with E-state index in [1.807, 2.05) is 92.1 Å². The Hall–Kier alpha value is -4.79. The van der Waals surface area contributed by atoms with Crippen molar-refractivity contribution in [3.63, 3.8) is 0 Å². The van der Waals surface area contributed by atoms with Crippen molar-refractivity contribution in [3.05, 3.63) is 154 Å². The first kappa shape index (κ1) is 38.4. The number of allylic oxidation sites excluding steroid dienone is 2. The normalized spacial score (nSPS) is 19.8. The maximum Gasteiger partial charge on any atom is 0.338 e. The van der Waals surface area contributed by atoms with Crippen molar-refractivity contribution in [2.45, 2.75) is 82.7 Å². The van der Waals surface area contributed by atoms with E-state index < -0.39 is 29.7 Å². The number of aliphatic hydroxyl groups is 1. The molecule has 0 radical (unpaired) electrons. The molecule has 1 aliphatic rings. The van der Waals surface area contributed by atoms with E-state index in [9.17, 15) is 19.5 Å². The first-order chi connectivity index (χ1) is 25.2. The van der Waals surface area contributed by atoms with Gasteiger partial charge in [-0.15, -0.1) is 11.3 Å². The van der Waals surface area contributed by atoms with Gasteiger partial charge in [0.25, 0.3) is 0 Å². The van der Waals surface area contributed by atoms with Gasteiger partial charge in [-0.05, 0) is 87.2 Å². The van der Waals surface area contributed by atoms with Gasteiger partial charge in [0.1, 0.15) is 17.8 Å². The van der Waals surface area contributed by atoms with Crippen LogP contribution in [0.4, 0.5) is 0 Å². The van der Waals surface area contributed by atoms with Crippen LogP contribution in [0.1, 0.15) is 83.5 Å². The molecule has 272 valence electrons. The summed E-state index contributed by atoms with van der Waals surface area (Å²) in [6.45, 7) is 3.67. The molecule has 3 aromatic carbocycles. The average molecular weight is 721 g/mol. The summed E-state index contributed by atoms with van der Waals surface area (Å²) in [6, 6.07) is 31.4. The van der Waals surface area contributed by atoms with Crippen LogP contribution in [0.5, 0.6) is 0 Å². The fraction of sp³-hybridized carbons (Fsp3) is 0.341. The quantitative estimate of drug-likeness (QED) is 0.0503. The molecule has 7 nitrogen and oxygen atoms in total. The largest absolute Gasteiger partial charge is 0.463 e. The lowest BCUT2D eigenvalue weighted by Crippen LogP contribution is -2.28. The van der Waals surface area contributed by atoms with E-state index in [2.05, 4.69) is 6.07 Å². The summed E-state index contributed by atoms with van der Waals surface area (Å²) >= 11 is 1.66. The number of thiophene rings is 1. The lowest BCUT2D eigenvalue weighted by atomic mass is 9.84. The number of hydrogen-bond acceptors (Lipinski definition) is 8. The van der Waals surface area contributed by atoms with Crippen molar-refractivity contribution in [2.24, 2.45) is 11.8 Å². The number of rotatable bonds is 17. The summed E-state index contributed by atoms with van der Waals surface area (Å²) in [6.07, 6.45) is 10.1. The average Bonchev–Trinajstić information content (AvgIpc) is 3.79. The fourth-order valence-electron chi connectivity index (χ4n) is 6.63. The van der Waals surface area contributed by atoms with Crippen molar-refractivity contribution in [2.75, 3.05) is 0 Å². The number of hydrogen-bond donors (Lipinski definition) is 1. The van der Waals surface area contributed by atoms with Crippen LogP contribution in [0.25, 0.3) is 0 Å². The second-order valence-corrected chi connectivity index (χ2v) is 14.5. The monoisotopic (exact) mass is 720 g/mol. The van der Waals surface area contributed by atoms with Gasteiger partial charge >= 0.3 is 17.9 Å². The van der Waals surface area contributed by atoms with Gasteiger partial charge in [-0.1, -0.05) is 97.1 Å². The lowest BCUT2D eigenvalue weighted by Gasteiger charge is -2.28. The Kier molecular flexibility index (Phi) is 14.2. The van der Waals surface area contributed by atoms with Gasteiger partial charge in [0, 0.05) is 29.6 Å². The van der Waals surface area contributed by atoms with Gasteiger partial charge in [0.15, 0.2) is 0 Å². The Bertz CT molecular complexity index is 1750. The predicted octanol–water partition coefficient (Wildman–Crippen LogP) is 9.28. The Labute approximate surface area is 311 Å². The lowest BCUT2D eigenvalue weighted by molar-refractivity contribution is -0.147. The molecular weight excluding hydrogens is 673 g/mol. The molecule has 52 heavy (non-hydrogen) atoms. The van der Waals surface area contributed by atoms with E-state index in [1.54, 1.807) is 59.9 Å². The topological polar surface area (TPSA) is 99.1 Å². The van der Waals surface area contributed by atoms with Gasteiger partial charge < -0.3 is 19.3 Å². The SMILES string of the molecule is CC(C)OC(=O)CCC/C=C\C[C@@H]1[C@@H](/C=C/C(O)(CCc2cccs2)c2ccccc2)[C@H](OC(=O)c2ccccc2)C[C@@H]1OC(=O)c1ccccc1. The third-order valence-electron chi connectivity index (χ3n) is 9.30. The molecule has 5 rings (SSSR count). The number of aryl methyl sites for hydroxylation is 1. The highest BCUT2D eigenvalue weighted by atomic mass is 32.1. The molecule has 0 saturated heterocycles. The van der Waals surface area contributed by atoms with Crippen LogP contribution < -0.4 is 0 Å². The summed E-state index contributed by atoms with van der Waals surface area (Å²) in [5.41, 5.74) is 0.328. The molecule has 0 bridgehead atoms. The van der Waals surface area contributed by atoms with Crippen molar-refractivity contribution < 1.29 is 33.7 Å². The second kappa shape index (κ2) is 19.2. The number of esters is 3. The molecular formula is C44H48O7S. The first-order valence-corrected chi connectivity index (χ1v) is 19.0. The predicted molar refractivity (Wildman–Crippen MR) is 204 cm³/mol. The Morgan fingerprint density at radius 1 is 0.827 bits per heavy atom. The molecule has 1 fully saturated rings. The second-order valence-electron chi connectivity index (χ2n) is 13.5. The number of unbranched alkanes of at least 4 members (excludes halogenated alkanes) is 1. The molecule has 0 aliphatic heterocycles. The minimum Gasteiger partial charge on any atom is -0.463 e. The van der Waals surface area contributed by atoms with Crippen molar-refractivity contribution in [1.82, 2.24) is 0 Å². The molecule has 1 N–H and O–H groups in total. The molecule has 8 heteroatoms. The van der Waals surface area contributed by atoms with Gasteiger partial charge in [-0.25, -0.2) is 9.59 Å². The summed E-state index contributed by atoms with van der Waals surface area (Å²) in [7, 11) is 0. The van der Waals surface area contributed by atoms with Crippen molar-refractivity contribution in [3.8, 4) is 0 Å². The van der Waals surface area contributed by atoms with Gasteiger partial charge in [0.2, 0.25) is 0 Å². The van der Waals surface area contributed by atoms with Crippen LogP contribution in [-0.4, -0.2) is 41.3 Å². The Balaban J connectivity index is 1.44. The molecule has 1 heterocycles. The van der Waals surface area contributed by atoms with Crippen molar-refractivity contribution in [1.29, 1.82) is 0 Å². The molecule has 1 saturated carbocycles. The van der Waals surface area contributed by atoms with Gasteiger partial charge in [0.05, 0.1) is 17.2 Å². The molecule has 1 unspecified atom stereocenters. The molecule has 1 aromatic heterocycles. The van der Waals surface area contributed by atoms with E-state index in [-0.39, 0.29) is 23.9 Å². The molecule has 4 aromatic rings. The Morgan fingerprint density at radius 2 is 1.44 bits per heavy atom. The van der Waals surface area contributed by atoms with Crippen molar-refractivity contribution >= 4 is 29.2 Å². The van der Waals surface area contributed by atoms with E-state index >= 15 is 0 Å². The third-order valence-corrected chi connectivity index (χ3v) is 10.2. The smallest absolute Gasteiger partial charge is 0.338 e. The van der Waals surface area contributed by atoms with E-state index in [0.29, 0.717) is 56.1 Å². The zero-order chi connectivity index (χ0) is 36.8. The molecule has 0 amide bonds. The number of benzene rings is 3. The van der Waals surface area contributed by atoms with E-state index in [1.165, 1.54) is 4.88 Å². The maximum atomic E-state index is 13.5. The number of carbonyl (C=O) groups excluding carboxylic acids is 3. The first-order valence-electron chi connectivity index (χ1n) is 18.1. The number of ether oxygens (including phenoxy) is 3. The zero-order valence-electron chi connectivity index (χ0n) is 29.8. The fourth-order valence-corrected chi connectivity index (χ4v) is 7.34. The molecule has 0 spiro atoms. The van der Waals surface area contributed by atoms with Crippen LogP contribution in [0.2, 0.25) is 0 Å². The van der Waals surface area contributed by atoms with Gasteiger partial charge in [-0.3, -0.25) is 4.79 Å². The zero-order valence-corrected chi connectivity index (χ0v) is 30.7. The minimum atomic E-state index is -1.30. The standard InChI is InChI=1S/C44H48O7S/c1-32(2)49-41(45)25-15-4-3-14-24-37-38(27-29-44(48,35-21-12-7-13-22-35)28-26-36-23-16-30-52-36)40(51-43(47)34-19-10-6-11-20-34)31-39(37)50-42(46)33-17-8-5-9-18-33/h3,5-14,16-23,27,29-30,32,37-40,48H,4,15,24-26,28,31H2,1-2H3/b14-3-,29-27+/t37-,38-,39+,40-,44?/m1/s1. The van der Waals surface area contributed by atoms with Gasteiger partial charge in [-0.2, -0.15) is 0 Å². The van der Waals surface area contributed by atoms with E-state index in [0.717, 1.165) is 5.56 Å². The van der Waals surface area contributed by atoms with Crippen LogP contribution in [0, 0.1) is 11.8 Å². The molecule has 5 atom stereocenters. The Morgan fingerprint density at radius 3 is 2.04 bits per heavy atom. The highest BCUT2D eigenvalue weighted by molar-refractivity contribution is 7.09. The number of carbonyl (C=O) groups is 3. The summed E-state index contributed by atoms with van der Waals surface area (Å²) in [5.74, 6) is -1.78. The third kappa shape index (κ3) is 11.1. The van der Waals surface area contributed by atoms with Crippen LogP contribution in [0.15, 0.2) is 133 Å². The highest BCUT2D eigenvalue weighted by Gasteiger charge is 2.46. The van der Waals surface area contributed by atoms with Crippen LogP contribution in [-0.2, 0) is 31.0 Å². The van der Waals surface area contributed by atoms with Crippen LogP contribution in [0.3, 0.4) is 0 Å². The van der Waals surface area contributed by atoms with Crippen LogP contribution >= 0.6 is 11.3 Å². The summed E-state index contributed by atoms with van der Waals surface area (Å²) in [5, 5.41) is 14.3. The minimum absolute atomic E-state index is 0.148. The summed E-state index contributed by atoms with van der Waals surface area (Å²) < 4.78 is 17.7. The summed E-state index contributed by atoms with van der Waals surface area (Å²) in [4.78, 5) is 40.1. The van der Waals surface area contributed by atoms with E-state index in [4.69, 9.17) is 14.2 Å². The highest BCUT2D eigenvalue weighted by Crippen LogP contribution is 2.42. The maximum absolute atomic E-state index is 13.5. The molecule has 1 aliphatic carbocycles.